The zero-order chi connectivity index (χ0) is 84.4. The lowest BCUT2D eigenvalue weighted by molar-refractivity contribution is 0.654. The molecular weight excluding hydrogens is 1570 g/mol. The molecule has 3 aliphatic heterocycles. The Morgan fingerprint density at radius 1 is 0.242 bits per heavy atom. The summed E-state index contributed by atoms with van der Waals surface area (Å²) >= 11 is 0. The third-order valence-electron chi connectivity index (χ3n) is 26.2. The van der Waals surface area contributed by atoms with Crippen molar-refractivity contribution in [1.29, 1.82) is 0 Å². The molecule has 0 atom stereocenters. The topological polar surface area (TPSA) is 182 Å². The van der Waals surface area contributed by atoms with Crippen molar-refractivity contribution in [1.82, 2.24) is 80.7 Å². The Labute approximate surface area is 729 Å². The Hall–Kier alpha value is -17.4. The third-order valence-corrected chi connectivity index (χ3v) is 26.2. The number of rotatable bonds is 7. The number of fused-ring (bicyclic) bond motifs is 24. The van der Waals surface area contributed by atoms with Crippen molar-refractivity contribution in [2.45, 2.75) is 19.3 Å². The summed E-state index contributed by atoms with van der Waals surface area (Å²) in [6.45, 7) is 4.63. The van der Waals surface area contributed by atoms with Gasteiger partial charge in [-0.25, -0.2) is 15.0 Å². The minimum absolute atomic E-state index is 0.155. The predicted molar refractivity (Wildman–Crippen MR) is 516 cm³/mol. The van der Waals surface area contributed by atoms with Crippen LogP contribution in [-0.4, -0.2) is 48.2 Å². The molecule has 0 saturated carbocycles. The minimum atomic E-state index is -0.155. The Bertz CT molecular complexity index is 9360. The van der Waals surface area contributed by atoms with Gasteiger partial charge in [0.15, 0.2) is 17.5 Å². The quantitative estimate of drug-likeness (QED) is 0.0888. The minimum Gasteiger partial charge on any atom is -0.456 e. The van der Waals surface area contributed by atoms with Gasteiger partial charge in [0.25, 0.3) is 0 Å². The largest absolute Gasteiger partial charge is 0.456 e. The van der Waals surface area contributed by atoms with Gasteiger partial charge >= 0.3 is 0 Å². The maximum atomic E-state index is 6.18. The van der Waals surface area contributed by atoms with E-state index in [4.69, 9.17) is 34.3 Å². The highest BCUT2D eigenvalue weighted by molar-refractivity contribution is 6.18. The number of para-hydroxylation sites is 7. The fraction of sp³-hybridized carbons (Fsp3) is 0.0270. The van der Waals surface area contributed by atoms with Crippen LogP contribution in [0.5, 0.6) is 0 Å². The summed E-state index contributed by atoms with van der Waals surface area (Å²) in [6, 6.07) is 120. The SMILES string of the molecule is CC1(C)c2ccccc2-c2cccc(C3=c4nccnc4=C(n4c5ccccc5c5cc6ccccc6cc54)NN3)c21.c1ccc(-n2c3ccccc3c3cccc(C4=c5nccnc5=C(n5c6ccccc6c6cc7ccccc7cc65)NN4)c32)cc1.c1ccc2cc3c(cc2c1)c1ccccc1n3C1=c2nccnc2=C(c2ccc3c(c2)oc2ccccc23)NN1. The number of furan rings is 1. The fourth-order valence-corrected chi connectivity index (χ4v) is 20.6. The van der Waals surface area contributed by atoms with Gasteiger partial charge in [0.2, 0.25) is 0 Å². The highest BCUT2D eigenvalue weighted by Crippen LogP contribution is 2.51. The van der Waals surface area contributed by atoms with Crippen LogP contribution in [0.3, 0.4) is 0 Å². The molecule has 0 fully saturated rings. The van der Waals surface area contributed by atoms with Crippen LogP contribution in [-0.2, 0) is 5.41 Å². The summed E-state index contributed by atoms with van der Waals surface area (Å²) in [5.41, 5.74) is 44.0. The Kier molecular flexibility index (Phi) is 16.0. The lowest BCUT2D eigenvalue weighted by atomic mass is 9.79. The first kappa shape index (κ1) is 72.2. The molecule has 28 rings (SSSR count). The molecule has 1 aliphatic carbocycles. The average Bonchev–Trinajstić information content (AvgIpc) is 1.55. The van der Waals surface area contributed by atoms with Crippen LogP contribution in [0.2, 0.25) is 0 Å². The van der Waals surface area contributed by atoms with E-state index in [2.05, 4.69) is 386 Å². The van der Waals surface area contributed by atoms with E-state index in [9.17, 15) is 0 Å². The van der Waals surface area contributed by atoms with Crippen molar-refractivity contribution in [3.63, 3.8) is 0 Å². The molecule has 6 N–H and O–H groups in total. The van der Waals surface area contributed by atoms with E-state index in [-0.39, 0.29) is 5.41 Å². The van der Waals surface area contributed by atoms with Crippen LogP contribution in [0.4, 0.5) is 0 Å². The van der Waals surface area contributed by atoms with Gasteiger partial charge in [-0.2, -0.15) is 0 Å². The van der Waals surface area contributed by atoms with Crippen molar-refractivity contribution in [2.75, 3.05) is 0 Å². The van der Waals surface area contributed by atoms with E-state index in [1.165, 1.54) is 97.7 Å². The Morgan fingerprint density at radius 3 is 1.12 bits per heavy atom. The molecule has 128 heavy (non-hydrogen) atoms. The number of nitrogens with one attached hydrogen (secondary N) is 6. The smallest absolute Gasteiger partial charge is 0.158 e. The highest BCUT2D eigenvalue weighted by atomic mass is 16.3. The molecule has 0 unspecified atom stereocenters. The summed E-state index contributed by atoms with van der Waals surface area (Å²) in [4.78, 5) is 29.4. The molecule has 0 saturated heterocycles. The van der Waals surface area contributed by atoms with E-state index < -0.39 is 0 Å². The summed E-state index contributed by atoms with van der Waals surface area (Å²) < 4.78 is 15.3. The van der Waals surface area contributed by atoms with Gasteiger partial charge in [0.05, 0.1) is 61.2 Å². The number of nitrogens with zero attached hydrogens (tertiary/aromatic N) is 10. The number of hydrogen-bond donors (Lipinski definition) is 6. The van der Waals surface area contributed by atoms with Crippen LogP contribution in [0.25, 0.3) is 193 Å². The summed E-state index contributed by atoms with van der Waals surface area (Å²) in [5.74, 6) is 2.53. The lowest BCUT2D eigenvalue weighted by Crippen LogP contribution is -2.51. The molecule has 0 spiro atoms. The maximum absolute atomic E-state index is 6.18. The second-order valence-electron chi connectivity index (χ2n) is 33.5. The number of hydrogen-bond acceptors (Lipinski definition) is 13. The molecule has 8 aromatic heterocycles. The molecule has 0 amide bonds. The first-order chi connectivity index (χ1) is 63.3. The molecule has 16 aromatic carbocycles. The van der Waals surface area contributed by atoms with Crippen LogP contribution in [0, 0.1) is 0 Å². The number of aromatic nitrogens is 10. The number of hydrazine groups is 3. The zero-order valence-corrected chi connectivity index (χ0v) is 69.2. The Morgan fingerprint density at radius 2 is 0.602 bits per heavy atom. The van der Waals surface area contributed by atoms with Gasteiger partial charge in [0, 0.05) is 119 Å². The standard InChI is InChI=1S/C40H26N6.C37H27N5.C34H21N5O/c1-2-13-27(14-3-1)45-33-19-8-6-15-28(33)30-17-10-18-31(39(30)45)36-37-38(42-22-21-41-37)40(44-43-36)46-34-20-9-7-16-29(34)32-23-25-11-4-5-12-26(25)24-35(32)46;1-37(2)29-16-7-5-12-24(29)26-14-9-15-27(32(26)37)33-34-35(39-19-18-38-34)36(41-40-33)42-30-17-8-6-13-25(30)28-20-22-10-3-4-11-23(22)21-31(28)42;1-2-8-21-18-28-26(17-20(21)7-1)23-9-3-5-11-27(23)39(28)34-33-32(35-15-16-36-33)31(37-38-34)22-13-14-25-24-10-4-6-12-29(24)40-30(25)19-22/h1-24,43-44H;3-21,40-41H,1-2H3;1-19,37-38H. The second-order valence-corrected chi connectivity index (χ2v) is 33.5. The molecule has 0 radical (unpaired) electrons. The lowest BCUT2D eigenvalue weighted by Gasteiger charge is -2.27. The van der Waals surface area contributed by atoms with Crippen LogP contribution in [0.15, 0.2) is 381 Å². The van der Waals surface area contributed by atoms with E-state index in [0.717, 1.165) is 155 Å². The molecule has 17 heteroatoms. The van der Waals surface area contributed by atoms with Crippen molar-refractivity contribution in [2.24, 2.45) is 0 Å². The Balaban J connectivity index is 0.000000102. The molecule has 604 valence electrons. The van der Waals surface area contributed by atoms with Gasteiger partial charge in [-0.15, -0.1) is 0 Å². The molecule has 11 heterocycles. The first-order valence-electron chi connectivity index (χ1n) is 43.0. The van der Waals surface area contributed by atoms with E-state index in [1.807, 2.05) is 18.2 Å². The van der Waals surface area contributed by atoms with Crippen LogP contribution >= 0.6 is 0 Å². The maximum Gasteiger partial charge on any atom is 0.158 e. The van der Waals surface area contributed by atoms with Crippen LogP contribution < -0.4 is 64.6 Å². The predicted octanol–water partition coefficient (Wildman–Crippen LogP) is 18.2. The molecular formula is C111H74N16O. The second kappa shape index (κ2) is 28.3. The van der Waals surface area contributed by atoms with Crippen molar-refractivity contribution >= 4 is 176 Å². The third kappa shape index (κ3) is 11.0. The van der Waals surface area contributed by atoms with E-state index in [1.54, 1.807) is 37.2 Å². The van der Waals surface area contributed by atoms with Gasteiger partial charge in [-0.05, 0) is 146 Å². The van der Waals surface area contributed by atoms with Gasteiger partial charge in [-0.1, -0.05) is 263 Å². The average molecular weight is 1650 g/mol. The molecule has 17 nitrogen and oxygen atoms in total. The summed E-state index contributed by atoms with van der Waals surface area (Å²) in [5, 5.41) is 23.8. The van der Waals surface area contributed by atoms with Crippen molar-refractivity contribution in [3.05, 3.63) is 437 Å². The van der Waals surface area contributed by atoms with Crippen LogP contribution in [0.1, 0.15) is 41.7 Å². The zero-order valence-electron chi connectivity index (χ0n) is 69.2. The van der Waals surface area contributed by atoms with Crippen molar-refractivity contribution < 1.29 is 4.42 Å². The molecule has 4 aliphatic rings. The summed E-state index contributed by atoms with van der Waals surface area (Å²) in [6.07, 6.45) is 10.6. The van der Waals surface area contributed by atoms with E-state index in [0.29, 0.717) is 0 Å². The monoisotopic (exact) mass is 1650 g/mol. The molecule has 0 bridgehead atoms. The fourth-order valence-electron chi connectivity index (χ4n) is 20.6. The van der Waals surface area contributed by atoms with Gasteiger partial charge < -0.3 is 8.98 Å². The first-order valence-corrected chi connectivity index (χ1v) is 43.0. The van der Waals surface area contributed by atoms with E-state index >= 15 is 0 Å². The number of benzene rings is 16. The highest BCUT2D eigenvalue weighted by Gasteiger charge is 2.39. The van der Waals surface area contributed by atoms with Crippen molar-refractivity contribution in [3.8, 4) is 16.8 Å². The molecule has 24 aromatic rings. The van der Waals surface area contributed by atoms with Gasteiger partial charge in [0.1, 0.15) is 43.3 Å². The summed E-state index contributed by atoms with van der Waals surface area (Å²) in [7, 11) is 0. The normalized spacial score (nSPS) is 13.7. The van der Waals surface area contributed by atoms with Gasteiger partial charge in [-0.3, -0.25) is 61.2 Å².